The van der Waals surface area contributed by atoms with Gasteiger partial charge >= 0.3 is 0 Å². The van der Waals surface area contributed by atoms with E-state index in [4.69, 9.17) is 15.0 Å². The van der Waals surface area contributed by atoms with E-state index in [0.29, 0.717) is 5.92 Å². The first kappa shape index (κ1) is 44.5. The molecule has 0 saturated carbocycles. The molecule has 0 saturated heterocycles. The summed E-state index contributed by atoms with van der Waals surface area (Å²) < 4.78 is 0. The zero-order valence-corrected chi connectivity index (χ0v) is 43.0. The lowest BCUT2D eigenvalue weighted by molar-refractivity contribution is 0.722. The smallest absolute Gasteiger partial charge is 0.0972 e. The molecule has 2 aliphatic carbocycles. The van der Waals surface area contributed by atoms with E-state index in [9.17, 15) is 0 Å². The summed E-state index contributed by atoms with van der Waals surface area (Å²) in [7, 11) is 0. The van der Waals surface area contributed by atoms with Gasteiger partial charge in [-0.1, -0.05) is 225 Å². The van der Waals surface area contributed by atoms with Crippen LogP contribution in [0, 0.1) is 5.92 Å². The van der Waals surface area contributed by atoms with Gasteiger partial charge in [-0.2, -0.15) is 0 Å². The van der Waals surface area contributed by atoms with Crippen molar-refractivity contribution in [2.45, 2.75) is 18.8 Å². The molecule has 0 fully saturated rings. The molecule has 0 aliphatic heterocycles. The van der Waals surface area contributed by atoms with Crippen molar-refractivity contribution in [3.8, 4) is 44.9 Å². The van der Waals surface area contributed by atoms with E-state index >= 15 is 0 Å². The molecule has 1 unspecified atom stereocenters. The molecule has 364 valence electrons. The molecule has 14 aromatic rings. The van der Waals surface area contributed by atoms with Gasteiger partial charge < -0.3 is 0 Å². The minimum absolute atomic E-state index is 0.364. The third-order valence-electron chi connectivity index (χ3n) is 17.1. The summed E-state index contributed by atoms with van der Waals surface area (Å²) in [6.07, 6.45) is 5.83. The molecule has 3 heterocycles. The Labute approximate surface area is 452 Å². The zero-order chi connectivity index (χ0) is 51.5. The lowest BCUT2D eigenvalue weighted by Gasteiger charge is -2.36. The molecule has 3 nitrogen and oxygen atoms in total. The van der Waals surface area contributed by atoms with Gasteiger partial charge in [-0.3, -0.25) is 0 Å². The van der Waals surface area contributed by atoms with Crippen LogP contribution in [0.2, 0.25) is 0 Å². The van der Waals surface area contributed by atoms with Crippen molar-refractivity contribution in [2.75, 3.05) is 0 Å². The molecule has 16 rings (SSSR count). The fourth-order valence-corrected chi connectivity index (χ4v) is 13.5. The average Bonchev–Trinajstić information content (AvgIpc) is 4.01. The maximum Gasteiger partial charge on any atom is 0.0972 e. The van der Waals surface area contributed by atoms with E-state index in [1.165, 1.54) is 93.0 Å². The van der Waals surface area contributed by atoms with Crippen molar-refractivity contribution < 1.29 is 0 Å². The second-order valence-corrected chi connectivity index (χ2v) is 21.4. The molecule has 0 amide bonds. The Morgan fingerprint density at radius 1 is 0.372 bits per heavy atom. The van der Waals surface area contributed by atoms with E-state index in [-0.39, 0.29) is 0 Å². The highest BCUT2D eigenvalue weighted by atomic mass is 14.8. The number of benzene rings is 11. The summed E-state index contributed by atoms with van der Waals surface area (Å²) in [5, 5.41) is 13.1. The summed E-state index contributed by atoms with van der Waals surface area (Å²) in [5.74, 6) is 0.364. The minimum atomic E-state index is -0.461. The molecular formula is C75H49N3. The zero-order valence-electron chi connectivity index (χ0n) is 43.0. The summed E-state index contributed by atoms with van der Waals surface area (Å²) >= 11 is 0. The summed E-state index contributed by atoms with van der Waals surface area (Å²) in [4.78, 5) is 16.0. The number of aromatic nitrogens is 3. The summed E-state index contributed by atoms with van der Waals surface area (Å²) in [5.41, 5.74) is 18.9. The Balaban J connectivity index is 0.805. The van der Waals surface area contributed by atoms with Crippen LogP contribution < -0.4 is 0 Å². The van der Waals surface area contributed by atoms with E-state index in [2.05, 4.69) is 262 Å². The van der Waals surface area contributed by atoms with Crippen LogP contribution in [0.25, 0.3) is 126 Å². The predicted octanol–water partition coefficient (Wildman–Crippen LogP) is 19.3. The van der Waals surface area contributed by atoms with Crippen LogP contribution in [0.4, 0.5) is 0 Å². The van der Waals surface area contributed by atoms with Crippen molar-refractivity contribution in [3.63, 3.8) is 0 Å². The SMILES string of the molecule is CC1CC=CC2=C1c1cc3c(-c4ccc(-c5ccc6c7ccc(-c8ccc9ccc%10ccc(-c%11ccccc%11)nc%10c9n8)cc7c7ccccc7c6c5)cc4)nc4ccccc4c3cc1C2(c1ccccc1)c1ccccc1. The lowest BCUT2D eigenvalue weighted by Crippen LogP contribution is -2.29. The third-order valence-corrected chi connectivity index (χ3v) is 17.1. The topological polar surface area (TPSA) is 38.7 Å². The largest absolute Gasteiger partial charge is 0.247 e. The normalized spacial score (nSPS) is 14.8. The fraction of sp³-hybridized carbons (Fsp3) is 0.0533. The van der Waals surface area contributed by atoms with E-state index in [0.717, 1.165) is 67.5 Å². The third kappa shape index (κ3) is 6.68. The van der Waals surface area contributed by atoms with Crippen molar-refractivity contribution in [1.82, 2.24) is 15.0 Å². The van der Waals surface area contributed by atoms with Crippen LogP contribution in [-0.2, 0) is 5.41 Å². The molecule has 3 aromatic heterocycles. The number of rotatable bonds is 6. The van der Waals surface area contributed by atoms with E-state index in [1.807, 2.05) is 6.07 Å². The van der Waals surface area contributed by atoms with Gasteiger partial charge in [0.05, 0.1) is 39.0 Å². The number of nitrogens with zero attached hydrogens (tertiary/aromatic N) is 3. The first-order valence-corrected chi connectivity index (χ1v) is 27.2. The van der Waals surface area contributed by atoms with Gasteiger partial charge in [0, 0.05) is 38.2 Å². The fourth-order valence-electron chi connectivity index (χ4n) is 13.5. The first-order valence-electron chi connectivity index (χ1n) is 27.2. The monoisotopic (exact) mass is 991 g/mol. The van der Waals surface area contributed by atoms with Crippen LogP contribution in [0.3, 0.4) is 0 Å². The van der Waals surface area contributed by atoms with Gasteiger partial charge in [0.2, 0.25) is 0 Å². The molecule has 11 aromatic carbocycles. The number of para-hydroxylation sites is 1. The minimum Gasteiger partial charge on any atom is -0.247 e. The van der Waals surface area contributed by atoms with E-state index in [1.54, 1.807) is 0 Å². The van der Waals surface area contributed by atoms with Gasteiger partial charge in [-0.05, 0) is 137 Å². The van der Waals surface area contributed by atoms with Crippen molar-refractivity contribution in [1.29, 1.82) is 0 Å². The quantitative estimate of drug-likeness (QED) is 0.156. The average molecular weight is 992 g/mol. The van der Waals surface area contributed by atoms with Crippen LogP contribution in [0.1, 0.15) is 35.6 Å². The molecule has 3 heteroatoms. The van der Waals surface area contributed by atoms with Crippen LogP contribution in [-0.4, -0.2) is 15.0 Å². The standard InChI is InChI=1S/C75H49N3/c1-46-16-15-26-66-71(46)65-44-64-63(45-67(65)75(66,54-19-7-3-8-20-54)55-21-9-4-10-22-55)60-25-13-14-27-70(60)78-72(64)49-30-28-47(29-31-49)52-34-38-58-59-39-35-53(43-62(59)57-24-12-11-23-56(57)61(58)42-52)69-41-37-51-33-32-50-36-40-68(48-17-5-2-6-18-48)76-73(50)74(51)77-69/h2-15,17-46H,16H2,1H3. The number of pyridine rings is 3. The number of fused-ring (bicyclic) bond motifs is 14. The molecule has 78 heavy (non-hydrogen) atoms. The molecule has 0 bridgehead atoms. The molecule has 1 atom stereocenters. The van der Waals surface area contributed by atoms with Crippen LogP contribution in [0.15, 0.2) is 266 Å². The highest BCUT2D eigenvalue weighted by Crippen LogP contribution is 2.59. The molecule has 2 aliphatic rings. The number of allylic oxidation sites excluding steroid dienone is 4. The van der Waals surface area contributed by atoms with Crippen molar-refractivity contribution >= 4 is 81.4 Å². The maximum absolute atomic E-state index is 5.51. The Bertz CT molecular complexity index is 4800. The highest BCUT2D eigenvalue weighted by Gasteiger charge is 2.48. The Morgan fingerprint density at radius 2 is 0.872 bits per heavy atom. The number of hydrogen-bond donors (Lipinski definition) is 0. The lowest BCUT2D eigenvalue weighted by atomic mass is 9.66. The van der Waals surface area contributed by atoms with Crippen molar-refractivity contribution in [3.05, 3.63) is 289 Å². The maximum atomic E-state index is 5.51. The molecule has 0 N–H and O–H groups in total. The second kappa shape index (κ2) is 17.4. The van der Waals surface area contributed by atoms with Crippen LogP contribution in [0.5, 0.6) is 0 Å². The second-order valence-electron chi connectivity index (χ2n) is 21.4. The molecule has 0 radical (unpaired) electrons. The highest BCUT2D eigenvalue weighted by molar-refractivity contribution is 6.26. The van der Waals surface area contributed by atoms with Gasteiger partial charge in [-0.25, -0.2) is 15.0 Å². The summed E-state index contributed by atoms with van der Waals surface area (Å²) in [6.45, 7) is 2.40. The van der Waals surface area contributed by atoms with Gasteiger partial charge in [0.1, 0.15) is 0 Å². The Hall–Kier alpha value is -9.83. The first-order chi connectivity index (χ1) is 38.6. The molecular weight excluding hydrogens is 943 g/mol. The van der Waals surface area contributed by atoms with E-state index < -0.39 is 5.41 Å². The Kier molecular flexibility index (Phi) is 9.89. The molecule has 0 spiro atoms. The van der Waals surface area contributed by atoms with Gasteiger partial charge in [0.15, 0.2) is 0 Å². The number of hydrogen-bond acceptors (Lipinski definition) is 3. The van der Waals surface area contributed by atoms with Gasteiger partial charge in [0.25, 0.3) is 0 Å². The van der Waals surface area contributed by atoms with Crippen molar-refractivity contribution in [2.24, 2.45) is 5.92 Å². The van der Waals surface area contributed by atoms with Crippen LogP contribution >= 0.6 is 0 Å². The predicted molar refractivity (Wildman–Crippen MR) is 327 cm³/mol. The Morgan fingerprint density at radius 3 is 1.53 bits per heavy atom. The van der Waals surface area contributed by atoms with Gasteiger partial charge in [-0.15, -0.1) is 0 Å². The summed E-state index contributed by atoms with van der Waals surface area (Å²) in [6, 6.07) is 91.1.